The topological polar surface area (TPSA) is 63.8 Å². The zero-order chi connectivity index (χ0) is 21.5. The highest BCUT2D eigenvalue weighted by atomic mass is 32.2. The van der Waals surface area contributed by atoms with Crippen LogP contribution in [0.2, 0.25) is 0 Å². The maximum Gasteiger partial charge on any atom is 0.223 e. The van der Waals surface area contributed by atoms with Gasteiger partial charge in [-0.1, -0.05) is 57.2 Å². The molecule has 1 heterocycles. The molecule has 0 spiro atoms. The zero-order valence-corrected chi connectivity index (χ0v) is 19.3. The zero-order valence-electron chi connectivity index (χ0n) is 18.4. The van der Waals surface area contributed by atoms with Crippen LogP contribution in [0.4, 0.5) is 11.6 Å². The molecule has 1 aromatic carbocycles. The van der Waals surface area contributed by atoms with Gasteiger partial charge in [0.2, 0.25) is 5.95 Å². The maximum atomic E-state index is 6.07. The van der Waals surface area contributed by atoms with E-state index in [1.54, 1.807) is 11.8 Å². The van der Waals surface area contributed by atoms with E-state index in [4.69, 9.17) is 10.7 Å². The molecule has 0 saturated heterocycles. The van der Waals surface area contributed by atoms with Crippen LogP contribution in [0.5, 0.6) is 0 Å². The Morgan fingerprint density at radius 1 is 1.23 bits per heavy atom. The van der Waals surface area contributed by atoms with Crippen LogP contribution in [-0.2, 0) is 0 Å². The first-order valence-electron chi connectivity index (χ1n) is 11.0. The average Bonchev–Trinajstić information content (AvgIpc) is 3.55. The molecule has 0 aliphatic heterocycles. The predicted octanol–water partition coefficient (Wildman–Crippen LogP) is 6.98. The van der Waals surface area contributed by atoms with Gasteiger partial charge in [0, 0.05) is 22.8 Å². The van der Waals surface area contributed by atoms with E-state index in [-0.39, 0.29) is 0 Å². The Morgan fingerprint density at radius 3 is 2.60 bits per heavy atom. The molecule has 1 saturated carbocycles. The maximum absolute atomic E-state index is 6.07. The second-order valence-electron chi connectivity index (χ2n) is 8.11. The van der Waals surface area contributed by atoms with Crippen molar-refractivity contribution in [2.24, 2.45) is 5.92 Å². The molecule has 0 unspecified atom stereocenters. The Kier molecular flexibility index (Phi) is 7.97. The first-order chi connectivity index (χ1) is 14.5. The second kappa shape index (κ2) is 10.7. The number of hydrogen-bond acceptors (Lipinski definition) is 5. The lowest BCUT2D eigenvalue weighted by molar-refractivity contribution is 0.524. The van der Waals surface area contributed by atoms with E-state index in [9.17, 15) is 0 Å². The summed E-state index contributed by atoms with van der Waals surface area (Å²) in [7, 11) is 0. The standard InChI is InChI=1S/C25H34N4S/c1-5-8-19(9-6-2)18(4)30-24(17(3)20-10-7-11-21(26)16-20)23-14-15-27-25(29-23)28-22-12-13-22/h7,10-11,14-16,19,22H,4-6,8-9,12-13,26H2,1-3H3,(H,27,28,29)/b24-17+. The van der Waals surface area contributed by atoms with Crippen molar-refractivity contribution in [3.05, 3.63) is 59.3 Å². The smallest absolute Gasteiger partial charge is 0.223 e. The highest BCUT2D eigenvalue weighted by Gasteiger charge is 2.23. The fraction of sp³-hybridized carbons (Fsp3) is 0.440. The molecule has 0 radical (unpaired) electrons. The van der Waals surface area contributed by atoms with E-state index in [0.29, 0.717) is 17.9 Å². The quantitative estimate of drug-likeness (QED) is 0.382. The first-order valence-corrected chi connectivity index (χ1v) is 11.9. The number of nitrogen functional groups attached to an aromatic ring is 1. The van der Waals surface area contributed by atoms with Gasteiger partial charge in [0.25, 0.3) is 0 Å². The van der Waals surface area contributed by atoms with Gasteiger partial charge in [-0.25, -0.2) is 9.97 Å². The lowest BCUT2D eigenvalue weighted by atomic mass is 9.98. The number of allylic oxidation sites excluding steroid dienone is 2. The number of rotatable bonds is 11. The molecule has 1 aromatic heterocycles. The second-order valence-corrected chi connectivity index (χ2v) is 9.24. The number of benzene rings is 1. The van der Waals surface area contributed by atoms with Gasteiger partial charge in [0.05, 0.1) is 5.69 Å². The minimum absolute atomic E-state index is 0.513. The van der Waals surface area contributed by atoms with Crippen LogP contribution in [0.1, 0.15) is 70.6 Å². The van der Waals surface area contributed by atoms with E-state index < -0.39 is 0 Å². The van der Waals surface area contributed by atoms with Gasteiger partial charge in [-0.2, -0.15) is 0 Å². The molecule has 0 atom stereocenters. The van der Waals surface area contributed by atoms with Crippen molar-refractivity contribution in [2.45, 2.75) is 65.3 Å². The largest absolute Gasteiger partial charge is 0.399 e. The summed E-state index contributed by atoms with van der Waals surface area (Å²) >= 11 is 1.76. The van der Waals surface area contributed by atoms with Crippen LogP contribution in [0, 0.1) is 5.92 Å². The molecule has 2 aromatic rings. The average molecular weight is 423 g/mol. The molecule has 1 aliphatic rings. The summed E-state index contributed by atoms with van der Waals surface area (Å²) < 4.78 is 0. The summed E-state index contributed by atoms with van der Waals surface area (Å²) in [5, 5.41) is 3.42. The van der Waals surface area contributed by atoms with Crippen molar-refractivity contribution in [2.75, 3.05) is 11.1 Å². The molecule has 3 N–H and O–H groups in total. The van der Waals surface area contributed by atoms with Crippen molar-refractivity contribution in [3.8, 4) is 0 Å². The molecule has 0 bridgehead atoms. The SMILES string of the molecule is C=C(S/C(=C(\C)c1cccc(N)c1)c1ccnc(NC2CC2)n1)C(CCC)CCC. The third-order valence-electron chi connectivity index (χ3n) is 5.42. The van der Waals surface area contributed by atoms with Gasteiger partial charge in [0.15, 0.2) is 0 Å². The Hall–Kier alpha value is -2.27. The van der Waals surface area contributed by atoms with Crippen molar-refractivity contribution >= 4 is 33.9 Å². The number of aromatic nitrogens is 2. The molecule has 160 valence electrons. The normalized spacial score (nSPS) is 14.5. The molecule has 4 nitrogen and oxygen atoms in total. The lowest BCUT2D eigenvalue weighted by Gasteiger charge is -2.21. The number of nitrogens with zero attached hydrogens (tertiary/aromatic N) is 2. The molecule has 1 fully saturated rings. The van der Waals surface area contributed by atoms with Gasteiger partial charge >= 0.3 is 0 Å². The van der Waals surface area contributed by atoms with Gasteiger partial charge in [-0.3, -0.25) is 0 Å². The Morgan fingerprint density at radius 2 is 1.97 bits per heavy atom. The summed E-state index contributed by atoms with van der Waals surface area (Å²) in [6.07, 6.45) is 8.91. The summed E-state index contributed by atoms with van der Waals surface area (Å²) in [6.45, 7) is 11.1. The van der Waals surface area contributed by atoms with Crippen molar-refractivity contribution in [3.63, 3.8) is 0 Å². The minimum atomic E-state index is 0.513. The monoisotopic (exact) mass is 422 g/mol. The molecule has 0 amide bonds. The first kappa shape index (κ1) is 22.4. The molecule has 30 heavy (non-hydrogen) atoms. The van der Waals surface area contributed by atoms with Crippen LogP contribution in [-0.4, -0.2) is 16.0 Å². The lowest BCUT2D eigenvalue weighted by Crippen LogP contribution is -2.07. The Bertz CT molecular complexity index is 896. The van der Waals surface area contributed by atoms with Gasteiger partial charge in [0.1, 0.15) is 0 Å². The van der Waals surface area contributed by atoms with Gasteiger partial charge in [-0.05, 0) is 72.8 Å². The molecule has 5 heteroatoms. The number of nitrogens with one attached hydrogen (secondary N) is 1. The fourth-order valence-corrected chi connectivity index (χ4v) is 4.72. The third-order valence-corrected chi connectivity index (χ3v) is 6.74. The number of hydrogen-bond donors (Lipinski definition) is 2. The molecular formula is C25H34N4S. The van der Waals surface area contributed by atoms with Crippen molar-refractivity contribution in [1.29, 1.82) is 0 Å². The Balaban J connectivity index is 1.98. The van der Waals surface area contributed by atoms with Crippen molar-refractivity contribution < 1.29 is 0 Å². The fourth-order valence-electron chi connectivity index (χ4n) is 3.57. The van der Waals surface area contributed by atoms with Crippen molar-refractivity contribution in [1.82, 2.24) is 9.97 Å². The Labute approximate surface area is 185 Å². The molecule has 3 rings (SSSR count). The van der Waals surface area contributed by atoms with Crippen LogP contribution in [0.25, 0.3) is 10.5 Å². The van der Waals surface area contributed by atoms with E-state index >= 15 is 0 Å². The summed E-state index contributed by atoms with van der Waals surface area (Å²) in [5.74, 6) is 1.22. The van der Waals surface area contributed by atoms with Crippen LogP contribution in [0.15, 0.2) is 48.0 Å². The number of nitrogens with two attached hydrogens (primary N) is 1. The highest BCUT2D eigenvalue weighted by molar-refractivity contribution is 8.12. The minimum Gasteiger partial charge on any atom is -0.399 e. The highest BCUT2D eigenvalue weighted by Crippen LogP contribution is 2.43. The molecular weight excluding hydrogens is 388 g/mol. The van der Waals surface area contributed by atoms with Gasteiger partial charge in [-0.15, -0.1) is 0 Å². The van der Waals surface area contributed by atoms with Crippen LogP contribution < -0.4 is 11.1 Å². The molecule has 1 aliphatic carbocycles. The number of anilines is 2. The third kappa shape index (κ3) is 6.11. The van der Waals surface area contributed by atoms with E-state index in [1.807, 2.05) is 30.5 Å². The van der Waals surface area contributed by atoms with Crippen LogP contribution in [0.3, 0.4) is 0 Å². The summed E-state index contributed by atoms with van der Waals surface area (Å²) in [6, 6.07) is 10.6. The predicted molar refractivity (Wildman–Crippen MR) is 132 cm³/mol. The van der Waals surface area contributed by atoms with E-state index in [2.05, 4.69) is 43.7 Å². The van der Waals surface area contributed by atoms with E-state index in [0.717, 1.165) is 27.4 Å². The van der Waals surface area contributed by atoms with Gasteiger partial charge < -0.3 is 11.1 Å². The van der Waals surface area contributed by atoms with Crippen LogP contribution >= 0.6 is 11.8 Å². The number of thioether (sulfide) groups is 1. The summed E-state index contributed by atoms with van der Waals surface area (Å²) in [5.41, 5.74) is 10.0. The summed E-state index contributed by atoms with van der Waals surface area (Å²) in [4.78, 5) is 11.6. The van der Waals surface area contributed by atoms with E-state index in [1.165, 1.54) is 43.4 Å².